The number of hydrogen-bond acceptors (Lipinski definition) is 3. The minimum atomic E-state index is 0.00838. The van der Waals surface area contributed by atoms with E-state index in [-0.39, 0.29) is 6.04 Å². The SMILES string of the molecule is CCCn1cnnc1C(N)C(C)CC. The molecule has 2 N–H and O–H groups in total. The maximum Gasteiger partial charge on any atom is 0.150 e. The summed E-state index contributed by atoms with van der Waals surface area (Å²) in [6, 6.07) is 0.00838. The van der Waals surface area contributed by atoms with E-state index in [2.05, 4.69) is 35.5 Å². The Balaban J connectivity index is 2.77. The molecule has 0 fully saturated rings. The van der Waals surface area contributed by atoms with Crippen LogP contribution in [0.2, 0.25) is 0 Å². The highest BCUT2D eigenvalue weighted by Crippen LogP contribution is 2.19. The maximum absolute atomic E-state index is 6.10. The normalized spacial score (nSPS) is 15.4. The third-order valence-corrected chi connectivity index (χ3v) is 2.67. The highest BCUT2D eigenvalue weighted by Gasteiger charge is 2.18. The molecule has 0 aromatic carbocycles. The Bertz CT molecular complexity index is 269. The first-order valence-electron chi connectivity index (χ1n) is 5.33. The predicted molar refractivity (Wildman–Crippen MR) is 56.7 cm³/mol. The molecule has 0 aliphatic rings. The molecule has 2 unspecified atom stereocenters. The van der Waals surface area contributed by atoms with Crippen molar-refractivity contribution in [1.82, 2.24) is 14.8 Å². The van der Waals surface area contributed by atoms with Crippen molar-refractivity contribution >= 4 is 0 Å². The zero-order valence-electron chi connectivity index (χ0n) is 9.27. The molecule has 80 valence electrons. The van der Waals surface area contributed by atoms with Gasteiger partial charge < -0.3 is 10.3 Å². The Kier molecular flexibility index (Phi) is 4.07. The fourth-order valence-corrected chi connectivity index (χ4v) is 1.44. The van der Waals surface area contributed by atoms with Crippen molar-refractivity contribution in [1.29, 1.82) is 0 Å². The number of aryl methyl sites for hydroxylation is 1. The highest BCUT2D eigenvalue weighted by molar-refractivity contribution is 4.95. The molecular weight excluding hydrogens is 176 g/mol. The second kappa shape index (κ2) is 5.10. The van der Waals surface area contributed by atoms with Gasteiger partial charge in [-0.25, -0.2) is 0 Å². The minimum absolute atomic E-state index is 0.00838. The van der Waals surface area contributed by atoms with Gasteiger partial charge in [0.25, 0.3) is 0 Å². The summed E-state index contributed by atoms with van der Waals surface area (Å²) in [5.74, 6) is 1.37. The molecule has 0 spiro atoms. The van der Waals surface area contributed by atoms with Crippen LogP contribution < -0.4 is 5.73 Å². The summed E-state index contributed by atoms with van der Waals surface area (Å²) in [6.07, 6.45) is 3.92. The van der Waals surface area contributed by atoms with Crippen molar-refractivity contribution in [2.75, 3.05) is 0 Å². The van der Waals surface area contributed by atoms with Crippen LogP contribution in [0.1, 0.15) is 45.5 Å². The summed E-state index contributed by atoms with van der Waals surface area (Å²) < 4.78 is 2.05. The Hall–Kier alpha value is -0.900. The van der Waals surface area contributed by atoms with Gasteiger partial charge in [0.1, 0.15) is 12.2 Å². The van der Waals surface area contributed by atoms with Gasteiger partial charge in [0, 0.05) is 6.54 Å². The van der Waals surface area contributed by atoms with Crippen molar-refractivity contribution < 1.29 is 0 Å². The molecule has 1 aromatic heterocycles. The predicted octanol–water partition coefficient (Wildman–Crippen LogP) is 1.73. The fraction of sp³-hybridized carbons (Fsp3) is 0.800. The zero-order valence-corrected chi connectivity index (χ0v) is 9.27. The highest BCUT2D eigenvalue weighted by atomic mass is 15.3. The number of hydrogen-bond donors (Lipinski definition) is 1. The lowest BCUT2D eigenvalue weighted by molar-refractivity contribution is 0.421. The van der Waals surface area contributed by atoms with Gasteiger partial charge in [-0.1, -0.05) is 27.2 Å². The topological polar surface area (TPSA) is 56.7 Å². The van der Waals surface area contributed by atoms with Gasteiger partial charge >= 0.3 is 0 Å². The summed E-state index contributed by atoms with van der Waals surface area (Å²) in [7, 11) is 0. The van der Waals surface area contributed by atoms with E-state index >= 15 is 0 Å². The quantitative estimate of drug-likeness (QED) is 0.780. The lowest BCUT2D eigenvalue weighted by Crippen LogP contribution is -2.23. The molecule has 1 aromatic rings. The fourth-order valence-electron chi connectivity index (χ4n) is 1.44. The van der Waals surface area contributed by atoms with E-state index in [1.165, 1.54) is 0 Å². The summed E-state index contributed by atoms with van der Waals surface area (Å²) >= 11 is 0. The van der Waals surface area contributed by atoms with E-state index in [9.17, 15) is 0 Å². The van der Waals surface area contributed by atoms with Crippen LogP contribution in [0.3, 0.4) is 0 Å². The summed E-state index contributed by atoms with van der Waals surface area (Å²) in [6.45, 7) is 7.38. The monoisotopic (exact) mass is 196 g/mol. The maximum atomic E-state index is 6.10. The average molecular weight is 196 g/mol. The Labute approximate surface area is 85.5 Å². The van der Waals surface area contributed by atoms with Crippen LogP contribution in [0.5, 0.6) is 0 Å². The standard InChI is InChI=1S/C10H20N4/c1-4-6-14-7-12-13-10(14)9(11)8(3)5-2/h7-9H,4-6,11H2,1-3H3. The van der Waals surface area contributed by atoms with Crippen LogP contribution >= 0.6 is 0 Å². The van der Waals surface area contributed by atoms with Gasteiger partial charge in [-0.15, -0.1) is 10.2 Å². The average Bonchev–Trinajstić information content (AvgIpc) is 2.64. The molecule has 0 saturated heterocycles. The van der Waals surface area contributed by atoms with Gasteiger partial charge in [0.05, 0.1) is 6.04 Å². The minimum Gasteiger partial charge on any atom is -0.321 e. The van der Waals surface area contributed by atoms with Crippen LogP contribution in [0, 0.1) is 5.92 Å². The van der Waals surface area contributed by atoms with Crippen LogP contribution in [0.15, 0.2) is 6.33 Å². The molecule has 0 radical (unpaired) electrons. The molecule has 0 bridgehead atoms. The molecule has 4 heteroatoms. The summed E-state index contributed by atoms with van der Waals surface area (Å²) in [5.41, 5.74) is 6.10. The van der Waals surface area contributed by atoms with E-state index in [1.54, 1.807) is 6.33 Å². The van der Waals surface area contributed by atoms with E-state index in [1.807, 2.05) is 0 Å². The molecule has 14 heavy (non-hydrogen) atoms. The van der Waals surface area contributed by atoms with Crippen molar-refractivity contribution in [2.45, 2.75) is 46.2 Å². The van der Waals surface area contributed by atoms with Crippen LogP contribution in [-0.4, -0.2) is 14.8 Å². The molecule has 0 amide bonds. The zero-order chi connectivity index (χ0) is 10.6. The lowest BCUT2D eigenvalue weighted by atomic mass is 9.99. The summed E-state index contributed by atoms with van der Waals surface area (Å²) in [4.78, 5) is 0. The molecule has 1 heterocycles. The van der Waals surface area contributed by atoms with E-state index in [0.717, 1.165) is 25.2 Å². The molecule has 1 rings (SSSR count). The van der Waals surface area contributed by atoms with Gasteiger partial charge in [0.15, 0.2) is 0 Å². The lowest BCUT2D eigenvalue weighted by Gasteiger charge is -2.18. The van der Waals surface area contributed by atoms with Gasteiger partial charge in [0.2, 0.25) is 0 Å². The summed E-state index contributed by atoms with van der Waals surface area (Å²) in [5, 5.41) is 8.00. The molecule has 0 saturated carbocycles. The third kappa shape index (κ3) is 2.32. The number of nitrogens with two attached hydrogens (primary N) is 1. The molecule has 2 atom stereocenters. The van der Waals surface area contributed by atoms with Gasteiger partial charge in [-0.05, 0) is 12.3 Å². The molecule has 0 aliphatic carbocycles. The number of aromatic nitrogens is 3. The Morgan fingerprint density at radius 3 is 2.79 bits per heavy atom. The van der Waals surface area contributed by atoms with Crippen LogP contribution in [-0.2, 0) is 6.54 Å². The third-order valence-electron chi connectivity index (χ3n) is 2.67. The van der Waals surface area contributed by atoms with Gasteiger partial charge in [-0.3, -0.25) is 0 Å². The van der Waals surface area contributed by atoms with Crippen molar-refractivity contribution in [3.05, 3.63) is 12.2 Å². The second-order valence-corrected chi connectivity index (χ2v) is 3.79. The van der Waals surface area contributed by atoms with Crippen LogP contribution in [0.25, 0.3) is 0 Å². The van der Waals surface area contributed by atoms with E-state index in [4.69, 9.17) is 5.73 Å². The second-order valence-electron chi connectivity index (χ2n) is 3.79. The smallest absolute Gasteiger partial charge is 0.150 e. The molecular formula is C10H20N4. The molecule has 0 aliphatic heterocycles. The Morgan fingerprint density at radius 1 is 1.50 bits per heavy atom. The van der Waals surface area contributed by atoms with E-state index < -0.39 is 0 Å². The first-order valence-corrected chi connectivity index (χ1v) is 5.33. The van der Waals surface area contributed by atoms with Gasteiger partial charge in [-0.2, -0.15) is 0 Å². The first-order chi connectivity index (χ1) is 6.70. The van der Waals surface area contributed by atoms with Crippen molar-refractivity contribution in [2.24, 2.45) is 11.7 Å². The number of nitrogens with zero attached hydrogens (tertiary/aromatic N) is 3. The molecule has 4 nitrogen and oxygen atoms in total. The van der Waals surface area contributed by atoms with Crippen LogP contribution in [0.4, 0.5) is 0 Å². The largest absolute Gasteiger partial charge is 0.321 e. The number of rotatable bonds is 5. The van der Waals surface area contributed by atoms with E-state index in [0.29, 0.717) is 5.92 Å². The Morgan fingerprint density at radius 2 is 2.21 bits per heavy atom. The van der Waals surface area contributed by atoms with Crippen molar-refractivity contribution in [3.63, 3.8) is 0 Å². The van der Waals surface area contributed by atoms with Crippen molar-refractivity contribution in [3.8, 4) is 0 Å². The first kappa shape index (κ1) is 11.2.